The summed E-state index contributed by atoms with van der Waals surface area (Å²) >= 11 is 5.83. The third kappa shape index (κ3) is 3.11. The second-order valence-corrected chi connectivity index (χ2v) is 6.20. The first-order valence-electron chi connectivity index (χ1n) is 7.43. The van der Waals surface area contributed by atoms with Gasteiger partial charge in [0.2, 0.25) is 0 Å². The Morgan fingerprint density at radius 1 is 1.32 bits per heavy atom. The average Bonchev–Trinajstić information content (AvgIpc) is 2.91. The topological polar surface area (TPSA) is 96.0 Å². The van der Waals surface area contributed by atoms with Crippen LogP contribution in [0.4, 0.5) is 5.69 Å². The van der Waals surface area contributed by atoms with Crippen LogP contribution in [0, 0.1) is 10.1 Å². The van der Waals surface area contributed by atoms with Gasteiger partial charge in [-0.15, -0.1) is 0 Å². The minimum atomic E-state index is -1.78. The number of rotatable bonds is 3. The molecule has 1 unspecified atom stereocenters. The van der Waals surface area contributed by atoms with Gasteiger partial charge in [0.05, 0.1) is 4.92 Å². The van der Waals surface area contributed by atoms with Crippen molar-refractivity contribution in [3.63, 3.8) is 0 Å². The van der Waals surface area contributed by atoms with Crippen molar-refractivity contribution in [3.8, 4) is 0 Å². The lowest BCUT2D eigenvalue weighted by Gasteiger charge is -2.31. The van der Waals surface area contributed by atoms with Crippen LogP contribution in [0.3, 0.4) is 0 Å². The SMILES string of the molecule is CC1=NN(C(=O)c2ccc(Cl)cc2)C(O)(c2cccc([N+](=O)[O-])c2)C1. The van der Waals surface area contributed by atoms with Gasteiger partial charge in [-0.05, 0) is 31.2 Å². The molecule has 8 heteroatoms. The minimum Gasteiger partial charge on any atom is -0.365 e. The molecular weight excluding hydrogens is 346 g/mol. The van der Waals surface area contributed by atoms with E-state index in [-0.39, 0.29) is 17.7 Å². The first-order chi connectivity index (χ1) is 11.8. The highest BCUT2D eigenvalue weighted by Crippen LogP contribution is 2.37. The van der Waals surface area contributed by atoms with E-state index in [1.807, 2.05) is 0 Å². The van der Waals surface area contributed by atoms with E-state index in [4.69, 9.17) is 11.6 Å². The maximum atomic E-state index is 12.8. The summed E-state index contributed by atoms with van der Waals surface area (Å²) in [6.45, 7) is 1.68. The molecule has 1 amide bonds. The summed E-state index contributed by atoms with van der Waals surface area (Å²) in [5.74, 6) is -0.525. The van der Waals surface area contributed by atoms with Crippen molar-refractivity contribution in [3.05, 3.63) is 74.8 Å². The number of hydrogen-bond donors (Lipinski definition) is 1. The molecular formula is C17H14ClN3O4. The van der Waals surface area contributed by atoms with Crippen LogP contribution in [0.15, 0.2) is 53.6 Å². The summed E-state index contributed by atoms with van der Waals surface area (Å²) in [6, 6.07) is 11.7. The number of carbonyl (C=O) groups is 1. The summed E-state index contributed by atoms with van der Waals surface area (Å²) < 4.78 is 0. The van der Waals surface area contributed by atoms with Gasteiger partial charge in [0.15, 0.2) is 5.72 Å². The summed E-state index contributed by atoms with van der Waals surface area (Å²) in [7, 11) is 0. The van der Waals surface area contributed by atoms with Crippen molar-refractivity contribution in [2.45, 2.75) is 19.1 Å². The van der Waals surface area contributed by atoms with Crippen molar-refractivity contribution in [1.82, 2.24) is 5.01 Å². The van der Waals surface area contributed by atoms with Crippen LogP contribution in [-0.2, 0) is 5.72 Å². The van der Waals surface area contributed by atoms with Gasteiger partial charge in [-0.1, -0.05) is 23.7 Å². The summed E-state index contributed by atoms with van der Waals surface area (Å²) in [4.78, 5) is 23.2. The Morgan fingerprint density at radius 3 is 2.64 bits per heavy atom. The lowest BCUT2D eigenvalue weighted by Crippen LogP contribution is -2.43. The van der Waals surface area contributed by atoms with E-state index >= 15 is 0 Å². The maximum absolute atomic E-state index is 12.8. The first kappa shape index (κ1) is 17.1. The van der Waals surface area contributed by atoms with E-state index in [2.05, 4.69) is 5.10 Å². The van der Waals surface area contributed by atoms with E-state index < -0.39 is 16.6 Å². The van der Waals surface area contributed by atoms with E-state index in [9.17, 15) is 20.0 Å². The maximum Gasteiger partial charge on any atom is 0.276 e. The summed E-state index contributed by atoms with van der Waals surface area (Å²) in [5, 5.41) is 27.7. The van der Waals surface area contributed by atoms with Crippen molar-refractivity contribution >= 4 is 28.9 Å². The fraction of sp³-hybridized carbons (Fsp3) is 0.176. The van der Waals surface area contributed by atoms with Crippen LogP contribution in [0.2, 0.25) is 5.02 Å². The van der Waals surface area contributed by atoms with Gasteiger partial charge in [0.25, 0.3) is 11.6 Å². The van der Waals surface area contributed by atoms with Gasteiger partial charge in [0.1, 0.15) is 0 Å². The lowest BCUT2D eigenvalue weighted by molar-refractivity contribution is -0.385. The number of benzene rings is 2. The fourth-order valence-electron chi connectivity index (χ4n) is 2.74. The Balaban J connectivity index is 2.02. The highest BCUT2D eigenvalue weighted by molar-refractivity contribution is 6.30. The minimum absolute atomic E-state index is 0.0630. The van der Waals surface area contributed by atoms with Crippen LogP contribution in [-0.4, -0.2) is 26.7 Å². The number of hydrazone groups is 1. The van der Waals surface area contributed by atoms with Crippen molar-refractivity contribution in [1.29, 1.82) is 0 Å². The number of nitrogens with zero attached hydrogens (tertiary/aromatic N) is 3. The molecule has 1 atom stereocenters. The normalized spacial score (nSPS) is 19.6. The zero-order chi connectivity index (χ0) is 18.2. The highest BCUT2D eigenvalue weighted by Gasteiger charge is 2.45. The molecule has 128 valence electrons. The second kappa shape index (κ2) is 6.27. The number of aliphatic hydroxyl groups is 1. The quantitative estimate of drug-likeness (QED) is 0.671. The zero-order valence-corrected chi connectivity index (χ0v) is 14.0. The number of nitro benzene ring substituents is 1. The molecule has 0 radical (unpaired) electrons. The Kier molecular flexibility index (Phi) is 4.28. The van der Waals surface area contributed by atoms with E-state index in [1.54, 1.807) is 19.1 Å². The molecule has 0 bridgehead atoms. The molecule has 1 N–H and O–H groups in total. The Hall–Kier alpha value is -2.77. The van der Waals surface area contributed by atoms with Crippen LogP contribution in [0.1, 0.15) is 29.3 Å². The number of halogens is 1. The van der Waals surface area contributed by atoms with Gasteiger partial charge in [0, 0.05) is 40.4 Å². The van der Waals surface area contributed by atoms with Gasteiger partial charge < -0.3 is 5.11 Å². The molecule has 25 heavy (non-hydrogen) atoms. The third-order valence-electron chi connectivity index (χ3n) is 3.93. The van der Waals surface area contributed by atoms with Crippen molar-refractivity contribution in [2.75, 3.05) is 0 Å². The Morgan fingerprint density at radius 2 is 2.00 bits per heavy atom. The molecule has 0 spiro atoms. The number of amides is 1. The number of hydrogen-bond acceptors (Lipinski definition) is 5. The van der Waals surface area contributed by atoms with Crippen molar-refractivity contribution in [2.24, 2.45) is 5.10 Å². The largest absolute Gasteiger partial charge is 0.365 e. The molecule has 0 fully saturated rings. The molecule has 1 aliphatic rings. The van der Waals surface area contributed by atoms with E-state index in [1.165, 1.54) is 36.4 Å². The predicted molar refractivity (Wildman–Crippen MR) is 92.3 cm³/mol. The molecule has 2 aromatic rings. The fourth-order valence-corrected chi connectivity index (χ4v) is 2.87. The summed E-state index contributed by atoms with van der Waals surface area (Å²) in [5.41, 5.74) is -0.894. The molecule has 2 aromatic carbocycles. The molecule has 0 saturated carbocycles. The Bertz CT molecular complexity index is 882. The molecule has 0 aromatic heterocycles. The number of carbonyl (C=O) groups excluding carboxylic acids is 1. The van der Waals surface area contributed by atoms with Crippen LogP contribution in [0.25, 0.3) is 0 Å². The van der Waals surface area contributed by atoms with Crippen LogP contribution < -0.4 is 0 Å². The van der Waals surface area contributed by atoms with Gasteiger partial charge in [-0.3, -0.25) is 14.9 Å². The van der Waals surface area contributed by atoms with E-state index in [0.717, 1.165) is 5.01 Å². The van der Waals surface area contributed by atoms with Gasteiger partial charge in [-0.2, -0.15) is 10.1 Å². The number of non-ortho nitro benzene ring substituents is 1. The molecule has 1 heterocycles. The zero-order valence-electron chi connectivity index (χ0n) is 13.2. The third-order valence-corrected chi connectivity index (χ3v) is 4.18. The van der Waals surface area contributed by atoms with Gasteiger partial charge >= 0.3 is 0 Å². The molecule has 7 nitrogen and oxygen atoms in total. The monoisotopic (exact) mass is 359 g/mol. The second-order valence-electron chi connectivity index (χ2n) is 5.76. The highest BCUT2D eigenvalue weighted by atomic mass is 35.5. The van der Waals surface area contributed by atoms with Crippen LogP contribution >= 0.6 is 11.6 Å². The van der Waals surface area contributed by atoms with Crippen molar-refractivity contribution < 1.29 is 14.8 Å². The van der Waals surface area contributed by atoms with Crippen LogP contribution in [0.5, 0.6) is 0 Å². The van der Waals surface area contributed by atoms with E-state index in [0.29, 0.717) is 16.3 Å². The Labute approximate surface area is 148 Å². The summed E-state index contributed by atoms with van der Waals surface area (Å²) in [6.07, 6.45) is 0.0630. The average molecular weight is 360 g/mol. The lowest BCUT2D eigenvalue weighted by atomic mass is 9.96. The first-order valence-corrected chi connectivity index (χ1v) is 7.80. The molecule has 0 aliphatic carbocycles. The number of nitro groups is 1. The molecule has 0 saturated heterocycles. The molecule has 3 rings (SSSR count). The predicted octanol–water partition coefficient (Wildman–Crippen LogP) is 3.32. The molecule has 1 aliphatic heterocycles. The smallest absolute Gasteiger partial charge is 0.276 e. The van der Waals surface area contributed by atoms with Gasteiger partial charge in [-0.25, -0.2) is 0 Å². The standard InChI is InChI=1S/C17H14ClN3O4/c1-11-10-17(23,13-3-2-4-15(9-13)21(24)25)20(19-11)16(22)12-5-7-14(18)8-6-12/h2-9,23H,10H2,1H3.